The Hall–Kier alpha value is -1.71. The van der Waals surface area contributed by atoms with Gasteiger partial charge in [0.25, 0.3) is 5.91 Å². The molecular formula is C16H23NO3. The van der Waals surface area contributed by atoms with Crippen molar-refractivity contribution in [2.75, 3.05) is 27.3 Å². The van der Waals surface area contributed by atoms with Crippen molar-refractivity contribution in [3.05, 3.63) is 23.3 Å². The minimum atomic E-state index is 0.0551. The summed E-state index contributed by atoms with van der Waals surface area (Å²) in [5.41, 5.74) is 1.49. The van der Waals surface area contributed by atoms with Gasteiger partial charge in [0, 0.05) is 18.7 Å². The molecule has 2 rings (SSSR count). The van der Waals surface area contributed by atoms with Crippen molar-refractivity contribution >= 4 is 5.91 Å². The number of hydrogen-bond acceptors (Lipinski definition) is 3. The quantitative estimate of drug-likeness (QED) is 0.852. The van der Waals surface area contributed by atoms with Crippen molar-refractivity contribution < 1.29 is 14.3 Å². The van der Waals surface area contributed by atoms with Crippen molar-refractivity contribution in [2.24, 2.45) is 5.92 Å². The maximum atomic E-state index is 12.6. The maximum Gasteiger partial charge on any atom is 0.257 e. The number of benzene rings is 1. The fourth-order valence-electron chi connectivity index (χ4n) is 2.71. The summed E-state index contributed by atoms with van der Waals surface area (Å²) in [6, 6.07) is 3.63. The first-order valence-corrected chi connectivity index (χ1v) is 7.09. The number of carbonyl (C=O) groups excluding carboxylic acids is 1. The molecule has 1 heterocycles. The van der Waals surface area contributed by atoms with Gasteiger partial charge in [0.1, 0.15) is 11.5 Å². The van der Waals surface area contributed by atoms with Gasteiger partial charge in [0.05, 0.1) is 19.8 Å². The molecule has 0 aromatic heterocycles. The third-order valence-electron chi connectivity index (χ3n) is 4.08. The fourth-order valence-corrected chi connectivity index (χ4v) is 2.71. The van der Waals surface area contributed by atoms with E-state index in [0.29, 0.717) is 17.2 Å². The van der Waals surface area contributed by atoms with Gasteiger partial charge in [0.15, 0.2) is 0 Å². The molecule has 0 N–H and O–H groups in total. The Kier molecular flexibility index (Phi) is 4.53. The van der Waals surface area contributed by atoms with Crippen LogP contribution in [0, 0.1) is 12.8 Å². The molecular weight excluding hydrogens is 254 g/mol. The van der Waals surface area contributed by atoms with Gasteiger partial charge in [-0.3, -0.25) is 4.79 Å². The zero-order chi connectivity index (χ0) is 14.7. The van der Waals surface area contributed by atoms with Crippen LogP contribution in [0.15, 0.2) is 12.1 Å². The molecule has 4 heteroatoms. The van der Waals surface area contributed by atoms with Gasteiger partial charge in [-0.25, -0.2) is 0 Å². The zero-order valence-corrected chi connectivity index (χ0v) is 12.7. The summed E-state index contributed by atoms with van der Waals surface area (Å²) >= 11 is 0. The number of carbonyl (C=O) groups is 1. The van der Waals surface area contributed by atoms with E-state index >= 15 is 0 Å². The average Bonchev–Trinajstić information content (AvgIpc) is 2.47. The van der Waals surface area contributed by atoms with E-state index in [1.165, 1.54) is 0 Å². The smallest absolute Gasteiger partial charge is 0.257 e. The second kappa shape index (κ2) is 6.16. The lowest BCUT2D eigenvalue weighted by Gasteiger charge is -2.31. The highest BCUT2D eigenvalue weighted by Crippen LogP contribution is 2.32. The SMILES string of the molecule is COc1ccc(C(=O)N2CCC(C)CC2)c(OC)c1C. The molecule has 0 saturated carbocycles. The van der Waals surface area contributed by atoms with Gasteiger partial charge in [-0.15, -0.1) is 0 Å². The molecule has 4 nitrogen and oxygen atoms in total. The summed E-state index contributed by atoms with van der Waals surface area (Å²) in [5, 5.41) is 0. The highest BCUT2D eigenvalue weighted by Gasteiger charge is 2.25. The normalized spacial score (nSPS) is 16.1. The first-order valence-electron chi connectivity index (χ1n) is 7.09. The summed E-state index contributed by atoms with van der Waals surface area (Å²) in [6.45, 7) is 5.80. The molecule has 1 aromatic rings. The lowest BCUT2D eigenvalue weighted by Crippen LogP contribution is -2.38. The Balaban J connectivity index is 2.28. The molecule has 0 spiro atoms. The van der Waals surface area contributed by atoms with E-state index in [1.807, 2.05) is 17.9 Å². The van der Waals surface area contributed by atoms with Crippen molar-refractivity contribution in [3.63, 3.8) is 0 Å². The second-order valence-electron chi connectivity index (χ2n) is 5.45. The Bertz CT molecular complexity index is 491. The number of piperidine rings is 1. The van der Waals surface area contributed by atoms with Gasteiger partial charge in [-0.2, -0.15) is 0 Å². The Morgan fingerprint density at radius 2 is 1.85 bits per heavy atom. The summed E-state index contributed by atoms with van der Waals surface area (Å²) in [5.74, 6) is 2.12. The van der Waals surface area contributed by atoms with Crippen LogP contribution in [-0.4, -0.2) is 38.1 Å². The molecule has 0 unspecified atom stereocenters. The molecule has 1 amide bonds. The summed E-state index contributed by atoms with van der Waals surface area (Å²) in [6.07, 6.45) is 2.15. The lowest BCUT2D eigenvalue weighted by atomic mass is 9.98. The number of rotatable bonds is 3. The monoisotopic (exact) mass is 277 g/mol. The number of methoxy groups -OCH3 is 2. The molecule has 1 aliphatic heterocycles. The van der Waals surface area contributed by atoms with Crippen molar-refractivity contribution in [2.45, 2.75) is 26.7 Å². The molecule has 1 aromatic carbocycles. The van der Waals surface area contributed by atoms with Crippen LogP contribution < -0.4 is 9.47 Å². The summed E-state index contributed by atoms with van der Waals surface area (Å²) < 4.78 is 10.7. The topological polar surface area (TPSA) is 38.8 Å². The number of hydrogen-bond donors (Lipinski definition) is 0. The molecule has 1 fully saturated rings. The average molecular weight is 277 g/mol. The van der Waals surface area contributed by atoms with Crippen molar-refractivity contribution in [1.82, 2.24) is 4.90 Å². The van der Waals surface area contributed by atoms with Gasteiger partial charge >= 0.3 is 0 Å². The Morgan fingerprint density at radius 1 is 1.20 bits per heavy atom. The predicted molar refractivity (Wildman–Crippen MR) is 78.6 cm³/mol. The van der Waals surface area contributed by atoms with Crippen LogP contribution in [0.5, 0.6) is 11.5 Å². The maximum absolute atomic E-state index is 12.6. The first kappa shape index (κ1) is 14.7. The van der Waals surface area contributed by atoms with E-state index in [1.54, 1.807) is 20.3 Å². The summed E-state index contributed by atoms with van der Waals surface area (Å²) in [7, 11) is 3.21. The molecule has 110 valence electrons. The van der Waals surface area contributed by atoms with Gasteiger partial charge < -0.3 is 14.4 Å². The Morgan fingerprint density at radius 3 is 2.40 bits per heavy atom. The molecule has 0 bridgehead atoms. The molecule has 0 aliphatic carbocycles. The minimum absolute atomic E-state index is 0.0551. The van der Waals surface area contributed by atoms with Crippen LogP contribution in [0.1, 0.15) is 35.7 Å². The number of amides is 1. The third-order valence-corrected chi connectivity index (χ3v) is 4.08. The van der Waals surface area contributed by atoms with Crippen molar-refractivity contribution in [3.8, 4) is 11.5 Å². The highest BCUT2D eigenvalue weighted by atomic mass is 16.5. The van der Waals surface area contributed by atoms with Crippen LogP contribution >= 0.6 is 0 Å². The first-order chi connectivity index (χ1) is 9.58. The molecule has 1 saturated heterocycles. The van der Waals surface area contributed by atoms with E-state index in [4.69, 9.17) is 9.47 Å². The number of likely N-dealkylation sites (tertiary alicyclic amines) is 1. The Labute approximate surface area is 120 Å². The molecule has 20 heavy (non-hydrogen) atoms. The standard InChI is InChI=1S/C16H23NO3/c1-11-7-9-17(10-8-11)16(18)13-5-6-14(19-3)12(2)15(13)20-4/h5-6,11H,7-10H2,1-4H3. The minimum Gasteiger partial charge on any atom is -0.496 e. The van der Waals surface area contributed by atoms with Crippen LogP contribution in [-0.2, 0) is 0 Å². The van der Waals surface area contributed by atoms with E-state index in [2.05, 4.69) is 6.92 Å². The van der Waals surface area contributed by atoms with Crippen LogP contribution in [0.2, 0.25) is 0 Å². The van der Waals surface area contributed by atoms with E-state index in [9.17, 15) is 4.79 Å². The lowest BCUT2D eigenvalue weighted by molar-refractivity contribution is 0.0693. The zero-order valence-electron chi connectivity index (χ0n) is 12.7. The number of ether oxygens (including phenoxy) is 2. The van der Waals surface area contributed by atoms with Crippen LogP contribution in [0.4, 0.5) is 0 Å². The molecule has 0 atom stereocenters. The molecule has 0 radical (unpaired) electrons. The van der Waals surface area contributed by atoms with E-state index in [-0.39, 0.29) is 5.91 Å². The third kappa shape index (κ3) is 2.74. The van der Waals surface area contributed by atoms with E-state index in [0.717, 1.165) is 37.2 Å². The summed E-state index contributed by atoms with van der Waals surface area (Å²) in [4.78, 5) is 14.6. The van der Waals surface area contributed by atoms with Gasteiger partial charge in [-0.05, 0) is 37.8 Å². The molecule has 1 aliphatic rings. The predicted octanol–water partition coefficient (Wildman–Crippen LogP) is 2.88. The fraction of sp³-hybridized carbons (Fsp3) is 0.562. The highest BCUT2D eigenvalue weighted by molar-refractivity contribution is 5.97. The number of nitrogens with zero attached hydrogens (tertiary/aromatic N) is 1. The van der Waals surface area contributed by atoms with Crippen LogP contribution in [0.25, 0.3) is 0 Å². The van der Waals surface area contributed by atoms with Crippen LogP contribution in [0.3, 0.4) is 0 Å². The van der Waals surface area contributed by atoms with E-state index < -0.39 is 0 Å². The second-order valence-corrected chi connectivity index (χ2v) is 5.45. The largest absolute Gasteiger partial charge is 0.496 e. The van der Waals surface area contributed by atoms with Gasteiger partial charge in [0.2, 0.25) is 0 Å². The van der Waals surface area contributed by atoms with Gasteiger partial charge in [-0.1, -0.05) is 6.92 Å². The van der Waals surface area contributed by atoms with Crippen molar-refractivity contribution in [1.29, 1.82) is 0 Å².